The lowest BCUT2D eigenvalue weighted by Gasteiger charge is -2.35. The van der Waals surface area contributed by atoms with Crippen molar-refractivity contribution in [3.63, 3.8) is 0 Å². The summed E-state index contributed by atoms with van der Waals surface area (Å²) in [6.45, 7) is 4.59. The molecule has 0 saturated heterocycles. The van der Waals surface area contributed by atoms with Crippen molar-refractivity contribution in [2.75, 3.05) is 0 Å². The van der Waals surface area contributed by atoms with Crippen LogP contribution in [0.3, 0.4) is 0 Å². The van der Waals surface area contributed by atoms with Crippen LogP contribution in [0, 0.1) is 0 Å². The van der Waals surface area contributed by atoms with Gasteiger partial charge in [0.25, 0.3) is 0 Å². The smallest absolute Gasteiger partial charge is 0.0756 e. The minimum absolute atomic E-state index is 0.0985. The second kappa shape index (κ2) is 4.17. The third kappa shape index (κ3) is 1.53. The maximum absolute atomic E-state index is 4.84. The van der Waals surface area contributed by atoms with Crippen LogP contribution in [0.15, 0.2) is 60.9 Å². The Bertz CT molecular complexity index is 1090. The number of aromatic nitrogens is 2. The number of nitrogens with zero attached hydrogens (tertiary/aromatic N) is 2. The van der Waals surface area contributed by atoms with Crippen molar-refractivity contribution in [3.05, 3.63) is 72.1 Å². The molecule has 0 amide bonds. The highest BCUT2D eigenvalue weighted by Crippen LogP contribution is 2.49. The molecular formula is C21H16N2. The van der Waals surface area contributed by atoms with Gasteiger partial charge >= 0.3 is 0 Å². The van der Waals surface area contributed by atoms with E-state index in [1.165, 1.54) is 32.8 Å². The first kappa shape index (κ1) is 12.8. The molecule has 0 saturated carbocycles. The van der Waals surface area contributed by atoms with Gasteiger partial charge in [-0.2, -0.15) is 0 Å². The normalized spacial score (nSPS) is 14.9. The van der Waals surface area contributed by atoms with E-state index in [0.29, 0.717) is 0 Å². The molecule has 2 heterocycles. The molecule has 2 nitrogen and oxygen atoms in total. The third-order valence-corrected chi connectivity index (χ3v) is 5.12. The lowest BCUT2D eigenvalue weighted by atomic mass is 9.69. The second-order valence-electron chi connectivity index (χ2n) is 6.75. The molecule has 0 bridgehead atoms. The van der Waals surface area contributed by atoms with Gasteiger partial charge in [-0.15, -0.1) is 0 Å². The van der Waals surface area contributed by atoms with E-state index in [-0.39, 0.29) is 5.41 Å². The number of fused-ring (bicyclic) bond motifs is 4. The number of hydrogen-bond acceptors (Lipinski definition) is 2. The Balaban J connectivity index is 2.07. The Morgan fingerprint density at radius 2 is 1.74 bits per heavy atom. The lowest BCUT2D eigenvalue weighted by molar-refractivity contribution is 0.648. The molecule has 2 aromatic carbocycles. The number of rotatable bonds is 0. The van der Waals surface area contributed by atoms with E-state index in [9.17, 15) is 0 Å². The summed E-state index contributed by atoms with van der Waals surface area (Å²) in [6.07, 6.45) is 3.88. The number of hydrogen-bond donors (Lipinski definition) is 0. The summed E-state index contributed by atoms with van der Waals surface area (Å²) in [6, 6.07) is 17.1. The molecule has 1 aliphatic rings. The van der Waals surface area contributed by atoms with Gasteiger partial charge in [-0.1, -0.05) is 50.2 Å². The van der Waals surface area contributed by atoms with E-state index in [0.717, 1.165) is 11.2 Å². The molecule has 0 atom stereocenters. The minimum Gasteiger partial charge on any atom is -0.256 e. The molecule has 4 aromatic rings. The predicted molar refractivity (Wildman–Crippen MR) is 94.6 cm³/mol. The summed E-state index contributed by atoms with van der Waals surface area (Å²) < 4.78 is 0. The molecule has 1 aliphatic carbocycles. The molecule has 110 valence electrons. The fourth-order valence-electron chi connectivity index (χ4n) is 4.06. The molecule has 0 spiro atoms. The quantitative estimate of drug-likeness (QED) is 0.452. The fraction of sp³-hybridized carbons (Fsp3) is 0.143. The predicted octanol–water partition coefficient (Wildman–Crippen LogP) is 5.09. The molecule has 0 radical (unpaired) electrons. The van der Waals surface area contributed by atoms with Crippen LogP contribution in [0.25, 0.3) is 32.9 Å². The van der Waals surface area contributed by atoms with Crippen LogP contribution >= 0.6 is 0 Å². The minimum atomic E-state index is -0.0985. The van der Waals surface area contributed by atoms with Gasteiger partial charge in [0, 0.05) is 34.1 Å². The van der Waals surface area contributed by atoms with Gasteiger partial charge in [-0.25, -0.2) is 0 Å². The van der Waals surface area contributed by atoms with Crippen molar-refractivity contribution in [3.8, 4) is 11.3 Å². The van der Waals surface area contributed by atoms with E-state index >= 15 is 0 Å². The van der Waals surface area contributed by atoms with Gasteiger partial charge in [0.2, 0.25) is 0 Å². The Morgan fingerprint density at radius 3 is 2.65 bits per heavy atom. The van der Waals surface area contributed by atoms with E-state index in [2.05, 4.69) is 67.4 Å². The number of pyridine rings is 2. The molecule has 0 unspecified atom stereocenters. The highest BCUT2D eigenvalue weighted by atomic mass is 14.7. The van der Waals surface area contributed by atoms with Crippen molar-refractivity contribution in [2.24, 2.45) is 0 Å². The molecular weight excluding hydrogens is 280 g/mol. The molecule has 2 aromatic heterocycles. The van der Waals surface area contributed by atoms with Gasteiger partial charge in [0.15, 0.2) is 0 Å². The molecule has 0 N–H and O–H groups in total. The average molecular weight is 296 g/mol. The van der Waals surface area contributed by atoms with Crippen molar-refractivity contribution < 1.29 is 0 Å². The van der Waals surface area contributed by atoms with Crippen molar-refractivity contribution in [1.82, 2.24) is 9.97 Å². The van der Waals surface area contributed by atoms with Crippen molar-refractivity contribution in [1.29, 1.82) is 0 Å². The summed E-state index contributed by atoms with van der Waals surface area (Å²) in [5, 5.41) is 3.74. The average Bonchev–Trinajstić information content (AvgIpc) is 2.59. The SMILES string of the molecule is CC1(C)c2c(ncc3ccccc23)-c2ccnc3cccc1c23. The maximum atomic E-state index is 4.84. The van der Waals surface area contributed by atoms with E-state index in [1.807, 2.05) is 12.4 Å². The van der Waals surface area contributed by atoms with Gasteiger partial charge in [0.1, 0.15) is 0 Å². The highest BCUT2D eigenvalue weighted by molar-refractivity contribution is 6.04. The van der Waals surface area contributed by atoms with E-state index in [4.69, 9.17) is 4.98 Å². The van der Waals surface area contributed by atoms with Crippen LogP contribution in [0.2, 0.25) is 0 Å². The topological polar surface area (TPSA) is 25.8 Å². The Labute approximate surface area is 134 Å². The first-order valence-electron chi connectivity index (χ1n) is 7.95. The van der Waals surface area contributed by atoms with Gasteiger partial charge in [-0.05, 0) is 28.6 Å². The van der Waals surface area contributed by atoms with Crippen LogP contribution in [-0.4, -0.2) is 9.97 Å². The molecule has 23 heavy (non-hydrogen) atoms. The molecule has 0 fully saturated rings. The zero-order valence-corrected chi connectivity index (χ0v) is 13.2. The van der Waals surface area contributed by atoms with E-state index in [1.54, 1.807) is 0 Å². The van der Waals surface area contributed by atoms with Gasteiger partial charge in [0.05, 0.1) is 11.2 Å². The van der Waals surface area contributed by atoms with Crippen LogP contribution in [0.1, 0.15) is 25.0 Å². The molecule has 5 rings (SSSR count). The zero-order valence-electron chi connectivity index (χ0n) is 13.2. The summed E-state index contributed by atoms with van der Waals surface area (Å²) in [4.78, 5) is 9.40. The zero-order chi connectivity index (χ0) is 15.6. The molecule has 0 aliphatic heterocycles. The maximum Gasteiger partial charge on any atom is 0.0756 e. The second-order valence-corrected chi connectivity index (χ2v) is 6.75. The summed E-state index contributed by atoms with van der Waals surface area (Å²) in [7, 11) is 0. The Hall–Kier alpha value is -2.74. The Morgan fingerprint density at radius 1 is 0.870 bits per heavy atom. The van der Waals surface area contributed by atoms with E-state index < -0.39 is 0 Å². The largest absolute Gasteiger partial charge is 0.256 e. The van der Waals surface area contributed by atoms with Gasteiger partial charge < -0.3 is 0 Å². The number of benzene rings is 2. The molecule has 2 heteroatoms. The standard InChI is InChI=1S/C21H16N2/c1-21(2)16-8-5-9-17-18(16)15(10-11-22-17)20-19(21)14-7-4-3-6-13(14)12-23-20/h3-12H,1-2H3. The van der Waals surface area contributed by atoms with Crippen molar-refractivity contribution in [2.45, 2.75) is 19.3 Å². The first-order chi connectivity index (χ1) is 11.2. The first-order valence-corrected chi connectivity index (χ1v) is 7.95. The van der Waals surface area contributed by atoms with Crippen LogP contribution in [0.5, 0.6) is 0 Å². The van der Waals surface area contributed by atoms with Crippen LogP contribution < -0.4 is 0 Å². The van der Waals surface area contributed by atoms with Gasteiger partial charge in [-0.3, -0.25) is 9.97 Å². The summed E-state index contributed by atoms with van der Waals surface area (Å²) >= 11 is 0. The highest BCUT2D eigenvalue weighted by Gasteiger charge is 2.35. The summed E-state index contributed by atoms with van der Waals surface area (Å²) in [5.41, 5.74) is 5.91. The van der Waals surface area contributed by atoms with Crippen LogP contribution in [0.4, 0.5) is 0 Å². The summed E-state index contributed by atoms with van der Waals surface area (Å²) in [5.74, 6) is 0. The van der Waals surface area contributed by atoms with Crippen LogP contribution in [-0.2, 0) is 5.41 Å². The van der Waals surface area contributed by atoms with Crippen molar-refractivity contribution >= 4 is 21.7 Å². The fourth-order valence-corrected chi connectivity index (χ4v) is 4.06. The Kier molecular flexibility index (Phi) is 2.31. The lowest BCUT2D eigenvalue weighted by Crippen LogP contribution is -2.24. The monoisotopic (exact) mass is 296 g/mol. The third-order valence-electron chi connectivity index (χ3n) is 5.12.